The van der Waals surface area contributed by atoms with Gasteiger partial charge in [0.15, 0.2) is 5.82 Å². The largest absolute Gasteiger partial charge is 0.365 e. The molecule has 0 spiro atoms. The fourth-order valence-electron chi connectivity index (χ4n) is 2.06. The Morgan fingerprint density at radius 2 is 2.12 bits per heavy atom. The van der Waals surface area contributed by atoms with Crippen molar-refractivity contribution in [3.8, 4) is 0 Å². The fourth-order valence-corrected chi connectivity index (χ4v) is 2.36. The molecule has 1 aromatic carbocycles. The van der Waals surface area contributed by atoms with Crippen molar-refractivity contribution in [2.75, 3.05) is 5.32 Å². The van der Waals surface area contributed by atoms with Gasteiger partial charge in [-0.2, -0.15) is 5.10 Å². The molecule has 2 heterocycles. The fraction of sp³-hybridized carbons (Fsp3) is 0. The number of aromatic nitrogens is 3. The van der Waals surface area contributed by atoms with Gasteiger partial charge >= 0.3 is 0 Å². The van der Waals surface area contributed by atoms with Gasteiger partial charge in [0.2, 0.25) is 0 Å². The predicted octanol–water partition coefficient (Wildman–Crippen LogP) is 3.70. The van der Waals surface area contributed by atoms with Crippen LogP contribution in [0.15, 0.2) is 47.6 Å². The SMILES string of the molecule is NC(=O)c1c(N=Cc2ccc(Cl)nc2)n[nH]c1Nc1cccc(Cl)c1. The molecule has 3 rings (SSSR count). The van der Waals surface area contributed by atoms with Gasteiger partial charge in [0.1, 0.15) is 16.5 Å². The number of aliphatic imine (C=N–C) groups is 1. The molecule has 0 aliphatic carbocycles. The van der Waals surface area contributed by atoms with Gasteiger partial charge in [-0.3, -0.25) is 9.89 Å². The monoisotopic (exact) mass is 374 g/mol. The topological polar surface area (TPSA) is 109 Å². The van der Waals surface area contributed by atoms with Crippen molar-refractivity contribution in [2.45, 2.75) is 0 Å². The van der Waals surface area contributed by atoms with E-state index in [9.17, 15) is 4.79 Å². The average Bonchev–Trinajstić information content (AvgIpc) is 2.97. The van der Waals surface area contributed by atoms with Crippen LogP contribution in [0, 0.1) is 0 Å². The molecule has 0 atom stereocenters. The minimum atomic E-state index is -0.667. The third kappa shape index (κ3) is 4.14. The lowest BCUT2D eigenvalue weighted by molar-refractivity contribution is 0.100. The van der Waals surface area contributed by atoms with Gasteiger partial charge in [-0.1, -0.05) is 29.3 Å². The van der Waals surface area contributed by atoms with Crippen molar-refractivity contribution < 1.29 is 4.79 Å². The predicted molar refractivity (Wildman–Crippen MR) is 98.3 cm³/mol. The summed E-state index contributed by atoms with van der Waals surface area (Å²) >= 11 is 11.7. The number of hydrogen-bond donors (Lipinski definition) is 3. The Morgan fingerprint density at radius 3 is 2.80 bits per heavy atom. The Hall–Kier alpha value is -2.90. The van der Waals surface area contributed by atoms with Gasteiger partial charge < -0.3 is 11.1 Å². The maximum Gasteiger partial charge on any atom is 0.256 e. The first kappa shape index (κ1) is 16.9. The van der Waals surface area contributed by atoms with Crippen LogP contribution in [0.1, 0.15) is 15.9 Å². The molecule has 3 aromatic rings. The van der Waals surface area contributed by atoms with Gasteiger partial charge in [-0.15, -0.1) is 0 Å². The van der Waals surface area contributed by atoms with Gasteiger partial charge in [-0.05, 0) is 30.3 Å². The lowest BCUT2D eigenvalue weighted by Gasteiger charge is -2.05. The highest BCUT2D eigenvalue weighted by Crippen LogP contribution is 2.27. The number of nitrogens with two attached hydrogens (primary N) is 1. The summed E-state index contributed by atoms with van der Waals surface area (Å²) in [5.41, 5.74) is 6.98. The lowest BCUT2D eigenvalue weighted by atomic mass is 10.2. The molecule has 0 saturated heterocycles. The average molecular weight is 375 g/mol. The number of halogens is 2. The van der Waals surface area contributed by atoms with Crippen LogP contribution >= 0.6 is 23.2 Å². The second kappa shape index (κ2) is 7.33. The Kier molecular flexibility index (Phi) is 4.97. The summed E-state index contributed by atoms with van der Waals surface area (Å²) in [6, 6.07) is 10.4. The molecule has 0 bridgehead atoms. The van der Waals surface area contributed by atoms with Gasteiger partial charge in [0.05, 0.1) is 0 Å². The van der Waals surface area contributed by atoms with Crippen LogP contribution in [0.3, 0.4) is 0 Å². The van der Waals surface area contributed by atoms with E-state index in [1.54, 1.807) is 42.6 Å². The van der Waals surface area contributed by atoms with E-state index >= 15 is 0 Å². The second-order valence-corrected chi connectivity index (χ2v) is 5.79. The van der Waals surface area contributed by atoms with E-state index in [0.717, 1.165) is 0 Å². The molecular formula is C16H12Cl2N6O. The van der Waals surface area contributed by atoms with E-state index in [1.165, 1.54) is 6.21 Å². The van der Waals surface area contributed by atoms with Crippen LogP contribution in [-0.4, -0.2) is 27.3 Å². The maximum absolute atomic E-state index is 11.8. The van der Waals surface area contributed by atoms with Crippen molar-refractivity contribution in [1.82, 2.24) is 15.2 Å². The molecule has 0 unspecified atom stereocenters. The molecule has 0 saturated carbocycles. The van der Waals surface area contributed by atoms with Gasteiger partial charge in [0, 0.05) is 28.7 Å². The molecule has 7 nitrogen and oxygen atoms in total. The van der Waals surface area contributed by atoms with E-state index < -0.39 is 5.91 Å². The number of nitrogens with zero attached hydrogens (tertiary/aromatic N) is 3. The van der Waals surface area contributed by atoms with E-state index in [0.29, 0.717) is 27.2 Å². The highest BCUT2D eigenvalue weighted by molar-refractivity contribution is 6.30. The molecule has 1 amide bonds. The highest BCUT2D eigenvalue weighted by atomic mass is 35.5. The standard InChI is InChI=1S/C16H12Cl2N6O/c17-10-2-1-3-11(6-10)22-16-13(14(19)25)15(23-24-16)21-8-9-4-5-12(18)20-7-9/h1-8H,(H2,19,25)(H2,22,23,24). The van der Waals surface area contributed by atoms with Gasteiger partial charge in [0.25, 0.3) is 5.91 Å². The number of aromatic amines is 1. The number of carbonyl (C=O) groups is 1. The first-order chi connectivity index (χ1) is 12.0. The third-order valence-corrected chi connectivity index (χ3v) is 3.63. The van der Waals surface area contributed by atoms with Crippen molar-refractivity contribution in [1.29, 1.82) is 0 Å². The number of primary amides is 1. The molecular weight excluding hydrogens is 363 g/mol. The maximum atomic E-state index is 11.8. The third-order valence-electron chi connectivity index (χ3n) is 3.17. The van der Waals surface area contributed by atoms with Crippen molar-refractivity contribution >= 4 is 52.6 Å². The number of carbonyl (C=O) groups excluding carboxylic acids is 1. The molecule has 0 radical (unpaired) electrons. The summed E-state index contributed by atoms with van der Waals surface area (Å²) in [6.07, 6.45) is 3.06. The quantitative estimate of drug-likeness (QED) is 0.467. The molecule has 9 heteroatoms. The summed E-state index contributed by atoms with van der Waals surface area (Å²) in [7, 11) is 0. The summed E-state index contributed by atoms with van der Waals surface area (Å²) in [4.78, 5) is 19.9. The van der Waals surface area contributed by atoms with Crippen LogP contribution in [0.5, 0.6) is 0 Å². The Labute approximate surface area is 152 Å². The summed E-state index contributed by atoms with van der Waals surface area (Å²) in [5, 5.41) is 10.7. The molecule has 25 heavy (non-hydrogen) atoms. The first-order valence-electron chi connectivity index (χ1n) is 7.09. The van der Waals surface area contributed by atoms with Crippen molar-refractivity contribution in [2.24, 2.45) is 10.7 Å². The zero-order valence-electron chi connectivity index (χ0n) is 12.7. The minimum Gasteiger partial charge on any atom is -0.365 e. The molecule has 2 aromatic heterocycles. The number of nitrogens with one attached hydrogen (secondary N) is 2. The number of H-pyrrole nitrogens is 1. The Bertz CT molecular complexity index is 936. The number of amides is 1. The number of benzene rings is 1. The Morgan fingerprint density at radius 1 is 1.28 bits per heavy atom. The summed E-state index contributed by atoms with van der Waals surface area (Å²) in [6.45, 7) is 0. The van der Waals surface area contributed by atoms with E-state index in [4.69, 9.17) is 28.9 Å². The van der Waals surface area contributed by atoms with Crippen LogP contribution in [-0.2, 0) is 0 Å². The summed E-state index contributed by atoms with van der Waals surface area (Å²) < 4.78 is 0. The zero-order chi connectivity index (χ0) is 17.8. The van der Waals surface area contributed by atoms with E-state index in [-0.39, 0.29) is 11.4 Å². The van der Waals surface area contributed by atoms with E-state index in [1.807, 2.05) is 0 Å². The van der Waals surface area contributed by atoms with Crippen LogP contribution < -0.4 is 11.1 Å². The molecule has 0 aliphatic heterocycles. The lowest BCUT2D eigenvalue weighted by Crippen LogP contribution is -2.12. The minimum absolute atomic E-state index is 0.137. The van der Waals surface area contributed by atoms with Crippen LogP contribution in [0.4, 0.5) is 17.3 Å². The number of hydrogen-bond acceptors (Lipinski definition) is 5. The summed E-state index contributed by atoms with van der Waals surface area (Å²) in [5.74, 6) is -0.178. The highest BCUT2D eigenvalue weighted by Gasteiger charge is 2.18. The zero-order valence-corrected chi connectivity index (χ0v) is 14.2. The molecule has 0 aliphatic rings. The van der Waals surface area contributed by atoms with E-state index in [2.05, 4.69) is 25.5 Å². The Balaban J connectivity index is 1.89. The molecule has 126 valence electrons. The number of anilines is 2. The number of rotatable bonds is 5. The smallest absolute Gasteiger partial charge is 0.256 e. The first-order valence-corrected chi connectivity index (χ1v) is 7.85. The second-order valence-electron chi connectivity index (χ2n) is 4.97. The molecule has 0 fully saturated rings. The normalized spacial score (nSPS) is 11.0. The van der Waals surface area contributed by atoms with Crippen molar-refractivity contribution in [3.63, 3.8) is 0 Å². The number of pyridine rings is 1. The molecule has 4 N–H and O–H groups in total. The van der Waals surface area contributed by atoms with Crippen LogP contribution in [0.2, 0.25) is 10.2 Å². The van der Waals surface area contributed by atoms with Crippen molar-refractivity contribution in [3.05, 3.63) is 63.9 Å². The van der Waals surface area contributed by atoms with Crippen LogP contribution in [0.25, 0.3) is 0 Å². The van der Waals surface area contributed by atoms with Gasteiger partial charge in [-0.25, -0.2) is 9.98 Å².